The second-order valence-electron chi connectivity index (χ2n) is 2.89. The van der Waals surface area contributed by atoms with E-state index in [1.807, 2.05) is 24.4 Å². The third-order valence-corrected chi connectivity index (χ3v) is 1.97. The van der Waals surface area contributed by atoms with Crippen molar-refractivity contribution in [1.82, 2.24) is 24.7 Å². The lowest BCUT2D eigenvalue weighted by molar-refractivity contribution is 0.828. The van der Waals surface area contributed by atoms with Gasteiger partial charge in [-0.1, -0.05) is 0 Å². The van der Waals surface area contributed by atoms with Crippen LogP contribution in [0.5, 0.6) is 0 Å². The number of H-pyrrole nitrogens is 1. The van der Waals surface area contributed by atoms with Gasteiger partial charge in [0, 0.05) is 18.6 Å². The molecule has 0 saturated carbocycles. The van der Waals surface area contributed by atoms with Crippen LogP contribution in [-0.4, -0.2) is 24.7 Å². The predicted octanol–water partition coefficient (Wildman–Crippen LogP) is 1.14. The van der Waals surface area contributed by atoms with E-state index in [0.29, 0.717) is 11.6 Å². The first-order valence-corrected chi connectivity index (χ1v) is 4.24. The van der Waals surface area contributed by atoms with Crippen molar-refractivity contribution in [2.75, 3.05) is 0 Å². The SMILES string of the molecule is c1cnc2nc(-n3cccn3)[nH]c2c1. The molecule has 5 nitrogen and oxygen atoms in total. The van der Waals surface area contributed by atoms with Gasteiger partial charge in [0.1, 0.15) is 0 Å². The molecule has 0 atom stereocenters. The number of hydrogen-bond acceptors (Lipinski definition) is 3. The van der Waals surface area contributed by atoms with E-state index >= 15 is 0 Å². The summed E-state index contributed by atoms with van der Waals surface area (Å²) in [4.78, 5) is 11.5. The number of hydrogen-bond donors (Lipinski definition) is 1. The van der Waals surface area contributed by atoms with Gasteiger partial charge in [0.15, 0.2) is 5.65 Å². The van der Waals surface area contributed by atoms with Crippen LogP contribution in [0.15, 0.2) is 36.8 Å². The number of nitrogens with zero attached hydrogens (tertiary/aromatic N) is 4. The summed E-state index contributed by atoms with van der Waals surface area (Å²) >= 11 is 0. The molecule has 0 aliphatic rings. The average molecular weight is 185 g/mol. The molecule has 3 heterocycles. The van der Waals surface area contributed by atoms with Gasteiger partial charge in [-0.05, 0) is 18.2 Å². The maximum atomic E-state index is 4.29. The molecule has 0 aromatic carbocycles. The predicted molar refractivity (Wildman–Crippen MR) is 51.0 cm³/mol. The monoisotopic (exact) mass is 185 g/mol. The number of nitrogens with one attached hydrogen (secondary N) is 1. The normalized spacial score (nSPS) is 10.9. The van der Waals surface area contributed by atoms with E-state index < -0.39 is 0 Å². The molecule has 0 fully saturated rings. The fourth-order valence-electron chi connectivity index (χ4n) is 1.33. The van der Waals surface area contributed by atoms with Gasteiger partial charge in [-0.2, -0.15) is 10.1 Å². The van der Waals surface area contributed by atoms with Gasteiger partial charge in [0.05, 0.1) is 5.52 Å². The zero-order chi connectivity index (χ0) is 9.38. The highest BCUT2D eigenvalue weighted by Crippen LogP contribution is 2.09. The van der Waals surface area contributed by atoms with E-state index in [4.69, 9.17) is 0 Å². The van der Waals surface area contributed by atoms with Crippen LogP contribution in [0.3, 0.4) is 0 Å². The quantitative estimate of drug-likeness (QED) is 0.618. The second kappa shape index (κ2) is 2.66. The fraction of sp³-hybridized carbons (Fsp3) is 0. The lowest BCUT2D eigenvalue weighted by atomic mass is 10.4. The van der Waals surface area contributed by atoms with E-state index in [-0.39, 0.29) is 0 Å². The highest BCUT2D eigenvalue weighted by atomic mass is 15.3. The van der Waals surface area contributed by atoms with Crippen LogP contribution in [0, 0.1) is 0 Å². The smallest absolute Gasteiger partial charge is 0.230 e. The Morgan fingerprint density at radius 2 is 2.21 bits per heavy atom. The maximum absolute atomic E-state index is 4.29. The molecule has 0 aliphatic heterocycles. The summed E-state index contributed by atoms with van der Waals surface area (Å²) in [6.45, 7) is 0. The first kappa shape index (κ1) is 7.25. The van der Waals surface area contributed by atoms with E-state index in [0.717, 1.165) is 5.52 Å². The molecule has 0 unspecified atom stereocenters. The van der Waals surface area contributed by atoms with E-state index in [2.05, 4.69) is 20.1 Å². The second-order valence-corrected chi connectivity index (χ2v) is 2.89. The first-order valence-electron chi connectivity index (χ1n) is 4.24. The van der Waals surface area contributed by atoms with Crippen molar-refractivity contribution in [3.8, 4) is 5.95 Å². The number of fused-ring (bicyclic) bond motifs is 1. The summed E-state index contributed by atoms with van der Waals surface area (Å²) in [5, 5.41) is 4.08. The molecular formula is C9H7N5. The largest absolute Gasteiger partial charge is 0.321 e. The molecule has 3 aromatic rings. The fourth-order valence-corrected chi connectivity index (χ4v) is 1.33. The van der Waals surface area contributed by atoms with E-state index in [9.17, 15) is 0 Å². The van der Waals surface area contributed by atoms with Crippen LogP contribution in [0.2, 0.25) is 0 Å². The highest BCUT2D eigenvalue weighted by molar-refractivity contribution is 5.71. The molecule has 3 rings (SSSR count). The van der Waals surface area contributed by atoms with Crippen molar-refractivity contribution in [2.24, 2.45) is 0 Å². The van der Waals surface area contributed by atoms with E-state index in [1.165, 1.54) is 0 Å². The van der Waals surface area contributed by atoms with Crippen molar-refractivity contribution in [1.29, 1.82) is 0 Å². The molecule has 3 aromatic heterocycles. The molecule has 0 saturated heterocycles. The Morgan fingerprint density at radius 3 is 3.00 bits per heavy atom. The maximum Gasteiger partial charge on any atom is 0.230 e. The molecule has 68 valence electrons. The Morgan fingerprint density at radius 1 is 1.21 bits per heavy atom. The van der Waals surface area contributed by atoms with Gasteiger partial charge in [0.25, 0.3) is 0 Å². The minimum atomic E-state index is 0.684. The molecule has 0 radical (unpaired) electrons. The molecule has 0 amide bonds. The van der Waals surface area contributed by atoms with Crippen LogP contribution in [0.1, 0.15) is 0 Å². The average Bonchev–Trinajstić information content (AvgIpc) is 2.86. The Labute approximate surface area is 79.4 Å². The first-order chi connectivity index (χ1) is 6.93. The number of imidazole rings is 1. The third kappa shape index (κ3) is 0.990. The number of rotatable bonds is 1. The van der Waals surface area contributed by atoms with Crippen LogP contribution in [0.25, 0.3) is 17.1 Å². The summed E-state index contributed by atoms with van der Waals surface area (Å²) in [5.74, 6) is 0.684. The van der Waals surface area contributed by atoms with Crippen molar-refractivity contribution in [2.45, 2.75) is 0 Å². The van der Waals surface area contributed by atoms with Crippen LogP contribution in [-0.2, 0) is 0 Å². The minimum absolute atomic E-state index is 0.684. The van der Waals surface area contributed by atoms with Gasteiger partial charge < -0.3 is 4.98 Å². The van der Waals surface area contributed by atoms with Crippen molar-refractivity contribution in [3.63, 3.8) is 0 Å². The third-order valence-electron chi connectivity index (χ3n) is 1.97. The molecular weight excluding hydrogens is 178 g/mol. The molecule has 5 heteroatoms. The molecule has 0 aliphatic carbocycles. The summed E-state index contributed by atoms with van der Waals surface area (Å²) in [6.07, 6.45) is 5.26. The Kier molecular flexibility index (Phi) is 1.38. The molecule has 14 heavy (non-hydrogen) atoms. The van der Waals surface area contributed by atoms with Crippen molar-refractivity contribution in [3.05, 3.63) is 36.8 Å². The highest BCUT2D eigenvalue weighted by Gasteiger charge is 2.03. The zero-order valence-electron chi connectivity index (χ0n) is 7.25. The van der Waals surface area contributed by atoms with Gasteiger partial charge in [-0.3, -0.25) is 0 Å². The molecule has 0 spiro atoms. The Bertz CT molecular complexity index is 518. The zero-order valence-corrected chi connectivity index (χ0v) is 7.25. The minimum Gasteiger partial charge on any atom is -0.321 e. The summed E-state index contributed by atoms with van der Waals surface area (Å²) in [6, 6.07) is 5.65. The summed E-state index contributed by atoms with van der Waals surface area (Å²) < 4.78 is 1.67. The van der Waals surface area contributed by atoms with Gasteiger partial charge in [-0.15, -0.1) is 0 Å². The topological polar surface area (TPSA) is 59.4 Å². The van der Waals surface area contributed by atoms with Crippen molar-refractivity contribution >= 4 is 11.2 Å². The number of pyridine rings is 1. The van der Waals surface area contributed by atoms with Gasteiger partial charge >= 0.3 is 0 Å². The standard InChI is InChI=1S/C9H7N5/c1-3-7-8(10-4-1)13-9(12-7)14-6-2-5-11-14/h1-6H,(H,10,12,13). The lowest BCUT2D eigenvalue weighted by Gasteiger charge is -1.91. The van der Waals surface area contributed by atoms with Crippen LogP contribution < -0.4 is 0 Å². The van der Waals surface area contributed by atoms with Crippen LogP contribution in [0.4, 0.5) is 0 Å². The van der Waals surface area contributed by atoms with E-state index in [1.54, 1.807) is 17.1 Å². The molecule has 1 N–H and O–H groups in total. The van der Waals surface area contributed by atoms with Crippen LogP contribution >= 0.6 is 0 Å². The molecule has 0 bridgehead atoms. The Balaban J connectivity index is 2.24. The van der Waals surface area contributed by atoms with Gasteiger partial charge in [0.2, 0.25) is 5.95 Å². The summed E-state index contributed by atoms with van der Waals surface area (Å²) in [5.41, 5.74) is 1.62. The van der Waals surface area contributed by atoms with Gasteiger partial charge in [-0.25, -0.2) is 9.67 Å². The summed E-state index contributed by atoms with van der Waals surface area (Å²) in [7, 11) is 0. The number of aromatic nitrogens is 5. The Hall–Kier alpha value is -2.17. The lowest BCUT2D eigenvalue weighted by Crippen LogP contribution is -1.95. The van der Waals surface area contributed by atoms with Crippen molar-refractivity contribution < 1.29 is 0 Å². The number of aromatic amines is 1.